The molecule has 0 aromatic carbocycles. The summed E-state index contributed by atoms with van der Waals surface area (Å²) >= 11 is 0. The number of likely N-dealkylation sites (tertiary alicyclic amines) is 1. The van der Waals surface area contributed by atoms with Crippen LogP contribution in [0.5, 0.6) is 0 Å². The second-order valence-corrected chi connectivity index (χ2v) is 8.16. The number of ether oxygens (including phenoxy) is 1. The molecular formula is C18H26N4O4. The minimum atomic E-state index is -0.302. The number of likely N-dealkylation sites (N-methyl/N-ethyl adjacent to an activating group) is 2. The highest BCUT2D eigenvalue weighted by Crippen LogP contribution is 2.41. The fourth-order valence-corrected chi connectivity index (χ4v) is 4.29. The summed E-state index contributed by atoms with van der Waals surface area (Å²) in [6, 6.07) is 1.89. The maximum atomic E-state index is 13.0. The Kier molecular flexibility index (Phi) is 4.27. The third-order valence-corrected chi connectivity index (χ3v) is 5.84. The van der Waals surface area contributed by atoms with Crippen molar-refractivity contribution in [3.05, 3.63) is 17.5 Å². The predicted octanol–water partition coefficient (Wildman–Crippen LogP) is 0.413. The van der Waals surface area contributed by atoms with Crippen LogP contribution in [0.25, 0.3) is 0 Å². The van der Waals surface area contributed by atoms with Crippen LogP contribution in [0, 0.1) is 5.41 Å². The molecule has 8 nitrogen and oxygen atoms in total. The molecule has 8 heteroatoms. The van der Waals surface area contributed by atoms with Crippen LogP contribution in [-0.4, -0.2) is 91.7 Å². The predicted molar refractivity (Wildman–Crippen MR) is 92.7 cm³/mol. The Morgan fingerprint density at radius 3 is 2.81 bits per heavy atom. The van der Waals surface area contributed by atoms with Gasteiger partial charge in [0.05, 0.1) is 6.61 Å². The van der Waals surface area contributed by atoms with Crippen LogP contribution in [0.2, 0.25) is 0 Å². The molecule has 1 aromatic rings. The van der Waals surface area contributed by atoms with E-state index in [0.717, 1.165) is 18.6 Å². The molecule has 1 aliphatic carbocycles. The van der Waals surface area contributed by atoms with Gasteiger partial charge < -0.3 is 24.0 Å². The first-order chi connectivity index (χ1) is 12.4. The Bertz CT molecular complexity index is 714. The van der Waals surface area contributed by atoms with Crippen molar-refractivity contribution in [1.82, 2.24) is 19.9 Å². The van der Waals surface area contributed by atoms with E-state index >= 15 is 0 Å². The normalized spacial score (nSPS) is 29.7. The van der Waals surface area contributed by atoms with E-state index in [1.165, 1.54) is 0 Å². The van der Waals surface area contributed by atoms with Crippen molar-refractivity contribution in [3.8, 4) is 0 Å². The average molecular weight is 362 g/mol. The zero-order valence-corrected chi connectivity index (χ0v) is 15.6. The summed E-state index contributed by atoms with van der Waals surface area (Å²) in [6.45, 7) is 2.26. The lowest BCUT2D eigenvalue weighted by atomic mass is 9.82. The van der Waals surface area contributed by atoms with Gasteiger partial charge in [-0.1, -0.05) is 5.16 Å². The highest BCUT2D eigenvalue weighted by Gasteiger charge is 2.51. The molecule has 1 aromatic heterocycles. The fourth-order valence-electron chi connectivity index (χ4n) is 4.29. The molecule has 0 radical (unpaired) electrons. The molecular weight excluding hydrogens is 336 g/mol. The van der Waals surface area contributed by atoms with E-state index in [1.807, 2.05) is 19.0 Å². The Morgan fingerprint density at radius 1 is 1.35 bits per heavy atom. The topological polar surface area (TPSA) is 79.1 Å². The second-order valence-electron chi connectivity index (χ2n) is 8.16. The minimum Gasteiger partial charge on any atom is -0.371 e. The number of nitrogens with zero attached hydrogens (tertiary/aromatic N) is 4. The average Bonchev–Trinajstić information content (AvgIpc) is 3.24. The lowest BCUT2D eigenvalue weighted by Gasteiger charge is -2.37. The van der Waals surface area contributed by atoms with Gasteiger partial charge in [0.1, 0.15) is 12.4 Å². The molecule has 1 saturated carbocycles. The molecule has 1 spiro atoms. The van der Waals surface area contributed by atoms with E-state index in [4.69, 9.17) is 9.26 Å². The lowest BCUT2D eigenvalue weighted by molar-refractivity contribution is -0.132. The molecule has 0 unspecified atom stereocenters. The monoisotopic (exact) mass is 362 g/mol. The molecule has 142 valence electrons. The summed E-state index contributed by atoms with van der Waals surface area (Å²) in [4.78, 5) is 30.7. The Labute approximate surface area is 153 Å². The van der Waals surface area contributed by atoms with Crippen molar-refractivity contribution in [2.24, 2.45) is 5.41 Å². The summed E-state index contributed by atoms with van der Waals surface area (Å²) in [5, 5.41) is 4.00. The molecule has 2 aliphatic heterocycles. The van der Waals surface area contributed by atoms with E-state index < -0.39 is 0 Å². The quantitative estimate of drug-likeness (QED) is 0.775. The van der Waals surface area contributed by atoms with Crippen molar-refractivity contribution in [1.29, 1.82) is 0 Å². The van der Waals surface area contributed by atoms with Crippen LogP contribution in [0.4, 0.5) is 0 Å². The van der Waals surface area contributed by atoms with Crippen molar-refractivity contribution < 1.29 is 18.8 Å². The van der Waals surface area contributed by atoms with E-state index in [9.17, 15) is 9.59 Å². The standard InChI is InChI=1S/C18H26N4O4/c1-20(2)15-7-22(10-18(15)9-21(3)16(23)8-25-11-18)17(24)13-6-14(26-19-13)12-4-5-12/h6,12,15H,4-5,7-11H2,1-3H3/t15-,18-/m1/s1. The van der Waals surface area contributed by atoms with Gasteiger partial charge in [0, 0.05) is 50.1 Å². The third kappa shape index (κ3) is 3.01. The van der Waals surface area contributed by atoms with Crippen LogP contribution >= 0.6 is 0 Å². The highest BCUT2D eigenvalue weighted by molar-refractivity contribution is 5.92. The molecule has 4 rings (SSSR count). The summed E-state index contributed by atoms with van der Waals surface area (Å²) in [5.41, 5.74) is 0.0729. The van der Waals surface area contributed by atoms with Gasteiger partial charge in [0.15, 0.2) is 5.69 Å². The van der Waals surface area contributed by atoms with Crippen molar-refractivity contribution in [2.45, 2.75) is 24.8 Å². The third-order valence-electron chi connectivity index (χ3n) is 5.84. The van der Waals surface area contributed by atoms with Crippen LogP contribution in [-0.2, 0) is 9.53 Å². The first-order valence-corrected chi connectivity index (χ1v) is 9.14. The zero-order chi connectivity index (χ0) is 18.5. The number of amides is 2. The largest absolute Gasteiger partial charge is 0.371 e. The Hall–Kier alpha value is -1.93. The molecule has 26 heavy (non-hydrogen) atoms. The van der Waals surface area contributed by atoms with Gasteiger partial charge in [-0.2, -0.15) is 0 Å². The van der Waals surface area contributed by atoms with Gasteiger partial charge in [-0.15, -0.1) is 0 Å². The number of hydrogen-bond donors (Lipinski definition) is 0. The van der Waals surface area contributed by atoms with Gasteiger partial charge in [-0.05, 0) is 26.9 Å². The van der Waals surface area contributed by atoms with Crippen molar-refractivity contribution in [2.75, 3.05) is 54.0 Å². The summed E-state index contributed by atoms with van der Waals surface area (Å²) < 4.78 is 11.0. The molecule has 3 fully saturated rings. The van der Waals surface area contributed by atoms with Gasteiger partial charge in [0.2, 0.25) is 5.91 Å². The Morgan fingerprint density at radius 2 is 2.12 bits per heavy atom. The highest BCUT2D eigenvalue weighted by atomic mass is 16.5. The maximum Gasteiger partial charge on any atom is 0.276 e. The SMILES string of the molecule is CN1C[C@]2(COCC1=O)CN(C(=O)c1cc(C3CC3)on1)C[C@H]2N(C)C. The van der Waals surface area contributed by atoms with Crippen LogP contribution in [0.3, 0.4) is 0 Å². The molecule has 2 amide bonds. The first-order valence-electron chi connectivity index (χ1n) is 9.14. The zero-order valence-electron chi connectivity index (χ0n) is 15.6. The minimum absolute atomic E-state index is 0.0188. The molecule has 0 N–H and O–H groups in total. The molecule has 3 aliphatic rings. The lowest BCUT2D eigenvalue weighted by Crippen LogP contribution is -2.51. The van der Waals surface area contributed by atoms with Crippen LogP contribution in [0.1, 0.15) is 35.0 Å². The van der Waals surface area contributed by atoms with Gasteiger partial charge in [0.25, 0.3) is 5.91 Å². The first kappa shape index (κ1) is 17.5. The van der Waals surface area contributed by atoms with E-state index in [2.05, 4.69) is 10.1 Å². The van der Waals surface area contributed by atoms with E-state index in [-0.39, 0.29) is 29.9 Å². The number of carbonyl (C=O) groups is 2. The molecule has 2 saturated heterocycles. The van der Waals surface area contributed by atoms with Gasteiger partial charge >= 0.3 is 0 Å². The molecule has 2 atom stereocenters. The van der Waals surface area contributed by atoms with Gasteiger partial charge in [-0.3, -0.25) is 9.59 Å². The molecule has 0 bridgehead atoms. The number of hydrogen-bond acceptors (Lipinski definition) is 6. The number of carbonyl (C=O) groups excluding carboxylic acids is 2. The van der Waals surface area contributed by atoms with Crippen molar-refractivity contribution >= 4 is 11.8 Å². The van der Waals surface area contributed by atoms with Crippen LogP contribution < -0.4 is 0 Å². The maximum absolute atomic E-state index is 13.0. The fraction of sp³-hybridized carbons (Fsp3) is 0.722. The summed E-state index contributed by atoms with van der Waals surface area (Å²) in [6.07, 6.45) is 2.21. The smallest absolute Gasteiger partial charge is 0.276 e. The number of rotatable bonds is 3. The Balaban J connectivity index is 1.56. The number of aromatic nitrogens is 1. The summed E-state index contributed by atoms with van der Waals surface area (Å²) in [5.74, 6) is 1.12. The van der Waals surface area contributed by atoms with Crippen LogP contribution in [0.15, 0.2) is 10.6 Å². The van der Waals surface area contributed by atoms with Gasteiger partial charge in [-0.25, -0.2) is 0 Å². The van der Waals surface area contributed by atoms with E-state index in [0.29, 0.717) is 37.9 Å². The summed E-state index contributed by atoms with van der Waals surface area (Å²) in [7, 11) is 5.82. The molecule has 3 heterocycles. The van der Waals surface area contributed by atoms with Crippen molar-refractivity contribution in [3.63, 3.8) is 0 Å². The van der Waals surface area contributed by atoms with E-state index in [1.54, 1.807) is 18.0 Å². The second kappa shape index (κ2) is 6.35.